The van der Waals surface area contributed by atoms with E-state index in [1.807, 2.05) is 25.1 Å². The Hall–Kier alpha value is -2.96. The Kier molecular flexibility index (Phi) is 9.31. The van der Waals surface area contributed by atoms with Crippen molar-refractivity contribution in [3.8, 4) is 0 Å². The van der Waals surface area contributed by atoms with Crippen molar-refractivity contribution in [2.75, 3.05) is 19.6 Å². The van der Waals surface area contributed by atoms with Gasteiger partial charge in [0.15, 0.2) is 0 Å². The summed E-state index contributed by atoms with van der Waals surface area (Å²) in [4.78, 5) is 14.2. The average Bonchev–Trinajstić information content (AvgIpc) is 3.32. The minimum absolute atomic E-state index is 0.0343. The van der Waals surface area contributed by atoms with E-state index < -0.39 is 12.0 Å². The molecular formula is C30H40N4O2. The molecule has 2 atom stereocenters. The van der Waals surface area contributed by atoms with Crippen molar-refractivity contribution in [3.63, 3.8) is 0 Å². The van der Waals surface area contributed by atoms with Crippen LogP contribution in [0, 0.1) is 0 Å². The van der Waals surface area contributed by atoms with Gasteiger partial charge in [-0.3, -0.25) is 14.8 Å². The van der Waals surface area contributed by atoms with Crippen LogP contribution in [-0.2, 0) is 17.8 Å². The van der Waals surface area contributed by atoms with Crippen molar-refractivity contribution in [2.45, 2.75) is 70.5 Å². The molecule has 192 valence electrons. The Morgan fingerprint density at radius 1 is 1.06 bits per heavy atom. The molecule has 1 aliphatic heterocycles. The minimum Gasteiger partial charge on any atom is -0.480 e. The molecule has 0 saturated carbocycles. The number of rotatable bonds is 12. The quantitative estimate of drug-likeness (QED) is 0.364. The molecule has 1 fully saturated rings. The highest BCUT2D eigenvalue weighted by atomic mass is 16.4. The summed E-state index contributed by atoms with van der Waals surface area (Å²) in [5.74, 6) is -0.240. The Labute approximate surface area is 215 Å². The monoisotopic (exact) mass is 488 g/mol. The number of piperidine rings is 1. The normalized spacial score (nSPS) is 16.6. The Morgan fingerprint density at radius 2 is 1.72 bits per heavy atom. The van der Waals surface area contributed by atoms with Gasteiger partial charge in [-0.2, -0.15) is 5.10 Å². The van der Waals surface area contributed by atoms with Gasteiger partial charge < -0.3 is 10.0 Å². The first kappa shape index (κ1) is 26.1. The van der Waals surface area contributed by atoms with E-state index in [1.54, 1.807) is 0 Å². The van der Waals surface area contributed by atoms with Crippen molar-refractivity contribution < 1.29 is 9.90 Å². The van der Waals surface area contributed by atoms with E-state index in [0.717, 1.165) is 63.1 Å². The van der Waals surface area contributed by atoms with Crippen LogP contribution in [0.4, 0.5) is 0 Å². The number of carboxylic acid groups (broad SMARTS) is 1. The standard InChI is InChI=1S/C30H40N4O2/c1-3-27(30(35)36)31-28(24-13-9-6-10-14-24)17-20-33-18-15-25(16-19-33)29-22-26(32-34(29)4-2)21-23-11-7-5-8-12-23/h5-14,22,25,27-28,31H,3-4,15-21H2,1-2H3,(H,35,36)/t27?,28-/m0/s1. The molecule has 6 nitrogen and oxygen atoms in total. The lowest BCUT2D eigenvalue weighted by Gasteiger charge is -2.33. The molecule has 36 heavy (non-hydrogen) atoms. The Morgan fingerprint density at radius 3 is 2.33 bits per heavy atom. The zero-order valence-corrected chi connectivity index (χ0v) is 21.6. The van der Waals surface area contributed by atoms with E-state index in [0.29, 0.717) is 12.3 Å². The van der Waals surface area contributed by atoms with Crippen LogP contribution in [0.25, 0.3) is 0 Å². The summed E-state index contributed by atoms with van der Waals surface area (Å²) >= 11 is 0. The van der Waals surface area contributed by atoms with E-state index >= 15 is 0 Å². The maximum absolute atomic E-state index is 11.7. The van der Waals surface area contributed by atoms with Crippen LogP contribution in [-0.4, -0.2) is 51.4 Å². The number of hydrogen-bond acceptors (Lipinski definition) is 4. The first-order valence-electron chi connectivity index (χ1n) is 13.4. The van der Waals surface area contributed by atoms with Crippen molar-refractivity contribution in [2.24, 2.45) is 0 Å². The minimum atomic E-state index is -0.779. The van der Waals surface area contributed by atoms with Gasteiger partial charge in [0.1, 0.15) is 6.04 Å². The van der Waals surface area contributed by atoms with Crippen molar-refractivity contribution >= 4 is 5.97 Å². The van der Waals surface area contributed by atoms with Gasteiger partial charge in [-0.15, -0.1) is 0 Å². The summed E-state index contributed by atoms with van der Waals surface area (Å²) in [5, 5.41) is 17.9. The van der Waals surface area contributed by atoms with E-state index in [1.165, 1.54) is 11.3 Å². The molecule has 0 radical (unpaired) electrons. The highest BCUT2D eigenvalue weighted by Crippen LogP contribution is 2.30. The highest BCUT2D eigenvalue weighted by Gasteiger charge is 2.26. The lowest BCUT2D eigenvalue weighted by molar-refractivity contribution is -0.139. The van der Waals surface area contributed by atoms with Gasteiger partial charge in [0.2, 0.25) is 0 Å². The molecule has 4 rings (SSSR count). The Bertz CT molecular complexity index is 1070. The average molecular weight is 489 g/mol. The highest BCUT2D eigenvalue weighted by molar-refractivity contribution is 5.73. The maximum atomic E-state index is 11.7. The van der Waals surface area contributed by atoms with Crippen molar-refractivity contribution in [1.82, 2.24) is 20.0 Å². The van der Waals surface area contributed by atoms with Crippen molar-refractivity contribution in [1.29, 1.82) is 0 Å². The van der Waals surface area contributed by atoms with Gasteiger partial charge in [-0.25, -0.2) is 0 Å². The summed E-state index contributed by atoms with van der Waals surface area (Å²) in [6, 6.07) is 22.6. The molecule has 0 spiro atoms. The molecule has 1 aliphatic rings. The number of hydrogen-bond donors (Lipinski definition) is 2. The van der Waals surface area contributed by atoms with Crippen LogP contribution in [0.2, 0.25) is 0 Å². The second-order valence-corrected chi connectivity index (χ2v) is 9.87. The summed E-state index contributed by atoms with van der Waals surface area (Å²) in [6.07, 6.45) is 4.61. The predicted octanol–water partition coefficient (Wildman–Crippen LogP) is 5.26. The molecule has 6 heteroatoms. The third-order valence-corrected chi connectivity index (χ3v) is 7.44. The Balaban J connectivity index is 1.34. The van der Waals surface area contributed by atoms with Crippen LogP contribution >= 0.6 is 0 Å². The van der Waals surface area contributed by atoms with Crippen LogP contribution in [0.5, 0.6) is 0 Å². The van der Waals surface area contributed by atoms with Crippen LogP contribution in [0.1, 0.15) is 74.0 Å². The third-order valence-electron chi connectivity index (χ3n) is 7.44. The van der Waals surface area contributed by atoms with Crippen LogP contribution in [0.3, 0.4) is 0 Å². The zero-order valence-electron chi connectivity index (χ0n) is 21.6. The van der Waals surface area contributed by atoms with Crippen LogP contribution < -0.4 is 5.32 Å². The maximum Gasteiger partial charge on any atom is 0.320 e. The second-order valence-electron chi connectivity index (χ2n) is 9.87. The predicted molar refractivity (Wildman–Crippen MR) is 144 cm³/mol. The number of carboxylic acids is 1. The number of likely N-dealkylation sites (tertiary alicyclic amines) is 1. The summed E-state index contributed by atoms with van der Waals surface area (Å²) < 4.78 is 2.20. The van der Waals surface area contributed by atoms with Gasteiger partial charge in [-0.05, 0) is 69.4 Å². The number of aliphatic carboxylic acids is 1. The zero-order chi connectivity index (χ0) is 25.3. The first-order valence-corrected chi connectivity index (χ1v) is 13.4. The third kappa shape index (κ3) is 6.83. The lowest BCUT2D eigenvalue weighted by Crippen LogP contribution is -2.41. The smallest absolute Gasteiger partial charge is 0.320 e. The fraction of sp³-hybridized carbons (Fsp3) is 0.467. The lowest BCUT2D eigenvalue weighted by atomic mass is 9.92. The topological polar surface area (TPSA) is 70.4 Å². The molecule has 2 N–H and O–H groups in total. The SMILES string of the molecule is CCC(N[C@@H](CCN1CCC(c2cc(Cc3ccccc3)nn2CC)CC1)c1ccccc1)C(=O)O. The summed E-state index contributed by atoms with van der Waals surface area (Å²) in [6.45, 7) is 8.08. The molecule has 1 aromatic heterocycles. The van der Waals surface area contributed by atoms with E-state index in [4.69, 9.17) is 5.10 Å². The van der Waals surface area contributed by atoms with Crippen LogP contribution in [0.15, 0.2) is 66.7 Å². The number of aromatic nitrogens is 2. The molecule has 1 saturated heterocycles. The molecule has 0 aliphatic carbocycles. The fourth-order valence-corrected chi connectivity index (χ4v) is 5.36. The van der Waals surface area contributed by atoms with Gasteiger partial charge in [0.05, 0.1) is 5.69 Å². The number of benzene rings is 2. The molecule has 1 unspecified atom stereocenters. The number of carbonyl (C=O) groups is 1. The van der Waals surface area contributed by atoms with E-state index in [-0.39, 0.29) is 6.04 Å². The molecule has 0 amide bonds. The van der Waals surface area contributed by atoms with Gasteiger partial charge in [-0.1, -0.05) is 67.6 Å². The van der Waals surface area contributed by atoms with Crippen molar-refractivity contribution in [3.05, 3.63) is 89.2 Å². The number of aryl methyl sites for hydroxylation is 1. The molecule has 2 aromatic carbocycles. The number of nitrogens with one attached hydrogen (secondary N) is 1. The summed E-state index contributed by atoms with van der Waals surface area (Å²) in [5.41, 5.74) is 4.99. The fourth-order valence-electron chi connectivity index (χ4n) is 5.36. The van der Waals surface area contributed by atoms with E-state index in [2.05, 4.69) is 70.4 Å². The second kappa shape index (κ2) is 12.8. The summed E-state index contributed by atoms with van der Waals surface area (Å²) in [7, 11) is 0. The first-order chi connectivity index (χ1) is 17.6. The van der Waals surface area contributed by atoms with Gasteiger partial charge in [0, 0.05) is 30.6 Å². The van der Waals surface area contributed by atoms with Gasteiger partial charge in [0.25, 0.3) is 0 Å². The molecular weight excluding hydrogens is 448 g/mol. The number of nitrogens with zero attached hydrogens (tertiary/aromatic N) is 3. The largest absolute Gasteiger partial charge is 0.480 e. The molecule has 0 bridgehead atoms. The van der Waals surface area contributed by atoms with E-state index in [9.17, 15) is 9.90 Å². The molecule has 2 heterocycles. The van der Waals surface area contributed by atoms with Gasteiger partial charge >= 0.3 is 5.97 Å². The molecule has 3 aromatic rings.